The highest BCUT2D eigenvalue weighted by Gasteiger charge is 2.15. The largest absolute Gasteiger partial charge is 0.469 e. The molecule has 0 amide bonds. The molecule has 0 aliphatic rings. The van der Waals surface area contributed by atoms with Crippen LogP contribution in [0.4, 0.5) is 0 Å². The van der Waals surface area contributed by atoms with Crippen molar-refractivity contribution in [2.24, 2.45) is 5.73 Å². The van der Waals surface area contributed by atoms with Crippen molar-refractivity contribution in [1.82, 2.24) is 4.98 Å². The zero-order chi connectivity index (χ0) is 11.5. The van der Waals surface area contributed by atoms with E-state index < -0.39 is 7.82 Å². The van der Waals surface area contributed by atoms with Crippen LogP contribution in [-0.4, -0.2) is 14.8 Å². The average molecular weight is 232 g/mol. The lowest BCUT2D eigenvalue weighted by Crippen LogP contribution is -2.04. The second kappa shape index (κ2) is 4.83. The van der Waals surface area contributed by atoms with Crippen LogP contribution >= 0.6 is 7.82 Å². The first-order valence-corrected chi connectivity index (χ1v) is 5.80. The van der Waals surface area contributed by atoms with Crippen LogP contribution in [0.15, 0.2) is 12.3 Å². The van der Waals surface area contributed by atoms with Crippen LogP contribution in [0.25, 0.3) is 0 Å². The van der Waals surface area contributed by atoms with E-state index in [0.717, 1.165) is 11.3 Å². The Bertz CT molecular complexity index is 390. The summed E-state index contributed by atoms with van der Waals surface area (Å²) in [5.74, 6) is 0. The Kier molecular flexibility index (Phi) is 3.96. The van der Waals surface area contributed by atoms with Gasteiger partial charge in [0.15, 0.2) is 0 Å². The minimum atomic E-state index is -4.44. The molecular formula is C8H13N2O4P. The van der Waals surface area contributed by atoms with Gasteiger partial charge in [0.2, 0.25) is 0 Å². The van der Waals surface area contributed by atoms with Crippen LogP contribution < -0.4 is 5.73 Å². The number of pyridine rings is 1. The van der Waals surface area contributed by atoms with Crippen molar-refractivity contribution in [3.63, 3.8) is 0 Å². The fourth-order valence-electron chi connectivity index (χ4n) is 1.12. The lowest BCUT2D eigenvalue weighted by Gasteiger charge is -2.09. The van der Waals surface area contributed by atoms with E-state index in [2.05, 4.69) is 9.51 Å². The van der Waals surface area contributed by atoms with Crippen molar-refractivity contribution < 1.29 is 18.9 Å². The highest BCUT2D eigenvalue weighted by atomic mass is 31.2. The molecule has 1 rings (SSSR count). The Morgan fingerprint density at radius 3 is 2.73 bits per heavy atom. The molecule has 0 saturated heterocycles. The summed E-state index contributed by atoms with van der Waals surface area (Å²) in [4.78, 5) is 21.1. The summed E-state index contributed by atoms with van der Waals surface area (Å²) in [6.45, 7) is 1.90. The predicted octanol–water partition coefficient (Wildman–Crippen LogP) is 0.458. The van der Waals surface area contributed by atoms with Gasteiger partial charge in [0.25, 0.3) is 0 Å². The first-order valence-electron chi connectivity index (χ1n) is 4.27. The number of rotatable bonds is 4. The lowest BCUT2D eigenvalue weighted by atomic mass is 10.1. The summed E-state index contributed by atoms with van der Waals surface area (Å²) >= 11 is 0. The van der Waals surface area contributed by atoms with Crippen molar-refractivity contribution in [2.45, 2.75) is 20.1 Å². The second-order valence-corrected chi connectivity index (χ2v) is 4.30. The van der Waals surface area contributed by atoms with E-state index in [4.69, 9.17) is 15.5 Å². The Labute approximate surface area is 87.3 Å². The van der Waals surface area contributed by atoms with Crippen molar-refractivity contribution >= 4 is 7.82 Å². The molecule has 0 saturated carbocycles. The maximum absolute atomic E-state index is 10.5. The third-order valence-electron chi connectivity index (χ3n) is 1.83. The molecule has 15 heavy (non-hydrogen) atoms. The molecule has 0 fully saturated rings. The molecule has 0 aliphatic heterocycles. The van der Waals surface area contributed by atoms with Crippen molar-refractivity contribution in [2.75, 3.05) is 0 Å². The van der Waals surface area contributed by atoms with Crippen molar-refractivity contribution in [1.29, 1.82) is 0 Å². The molecule has 0 aliphatic carbocycles. The molecule has 0 radical (unpaired) electrons. The number of phosphoric ester groups is 1. The second-order valence-electron chi connectivity index (χ2n) is 3.06. The monoisotopic (exact) mass is 232 g/mol. The number of phosphoric acid groups is 1. The van der Waals surface area contributed by atoms with Crippen LogP contribution in [0, 0.1) is 6.92 Å². The highest BCUT2D eigenvalue weighted by Crippen LogP contribution is 2.37. The third kappa shape index (κ3) is 4.07. The fraction of sp³-hybridized carbons (Fsp3) is 0.375. The van der Waals surface area contributed by atoms with Crippen molar-refractivity contribution in [3.05, 3.63) is 29.1 Å². The lowest BCUT2D eigenvalue weighted by molar-refractivity contribution is 0.188. The molecule has 0 spiro atoms. The number of hydrogen-bond donors (Lipinski definition) is 3. The molecule has 1 aromatic rings. The van der Waals surface area contributed by atoms with Crippen LogP contribution in [0.5, 0.6) is 0 Å². The van der Waals surface area contributed by atoms with Gasteiger partial charge < -0.3 is 15.5 Å². The topological polar surface area (TPSA) is 106 Å². The molecule has 0 atom stereocenters. The number of aryl methyl sites for hydroxylation is 1. The smallest absolute Gasteiger partial charge is 0.326 e. The number of aromatic nitrogens is 1. The molecule has 7 heteroatoms. The van der Waals surface area contributed by atoms with E-state index in [1.165, 1.54) is 6.20 Å². The molecule has 0 aromatic carbocycles. The van der Waals surface area contributed by atoms with Gasteiger partial charge in [0, 0.05) is 24.0 Å². The maximum Gasteiger partial charge on any atom is 0.469 e. The van der Waals surface area contributed by atoms with Gasteiger partial charge in [-0.15, -0.1) is 0 Å². The fourth-order valence-corrected chi connectivity index (χ4v) is 1.43. The molecule has 4 N–H and O–H groups in total. The SMILES string of the molecule is Cc1cc(CN)c(COP(=O)(O)O)cn1. The normalized spacial score (nSPS) is 11.7. The summed E-state index contributed by atoms with van der Waals surface area (Å²) in [6, 6.07) is 1.76. The van der Waals surface area contributed by atoms with Gasteiger partial charge >= 0.3 is 7.82 Å². The molecule has 0 bridgehead atoms. The summed E-state index contributed by atoms with van der Waals surface area (Å²) in [5, 5.41) is 0. The van der Waals surface area contributed by atoms with Crippen LogP contribution in [0.2, 0.25) is 0 Å². The quantitative estimate of drug-likeness (QED) is 0.651. The standard InChI is InChI=1S/C8H13N2O4P/c1-6-2-7(3-9)8(4-10-6)5-14-15(11,12)13/h2,4H,3,5,9H2,1H3,(H2,11,12,13). The van der Waals surface area contributed by atoms with E-state index in [1.807, 2.05) is 6.92 Å². The van der Waals surface area contributed by atoms with Gasteiger partial charge in [-0.3, -0.25) is 9.51 Å². The number of nitrogens with two attached hydrogens (primary N) is 1. The predicted molar refractivity (Wildman–Crippen MR) is 53.7 cm³/mol. The van der Waals surface area contributed by atoms with E-state index >= 15 is 0 Å². The number of nitrogens with zero attached hydrogens (tertiary/aromatic N) is 1. The summed E-state index contributed by atoms with van der Waals surface area (Å²) in [5.41, 5.74) is 7.65. The van der Waals surface area contributed by atoms with E-state index in [9.17, 15) is 4.57 Å². The van der Waals surface area contributed by atoms with Gasteiger partial charge in [0.05, 0.1) is 6.61 Å². The van der Waals surface area contributed by atoms with Crippen LogP contribution in [-0.2, 0) is 22.2 Å². The highest BCUT2D eigenvalue weighted by molar-refractivity contribution is 7.46. The molecular weight excluding hydrogens is 219 g/mol. The summed E-state index contributed by atoms with van der Waals surface area (Å²) in [7, 11) is -4.44. The van der Waals surface area contributed by atoms with Crippen LogP contribution in [0.1, 0.15) is 16.8 Å². The molecule has 1 aromatic heterocycles. The Morgan fingerprint density at radius 2 is 2.20 bits per heavy atom. The molecule has 84 valence electrons. The van der Waals surface area contributed by atoms with Gasteiger partial charge in [-0.2, -0.15) is 0 Å². The van der Waals surface area contributed by atoms with E-state index in [0.29, 0.717) is 5.56 Å². The summed E-state index contributed by atoms with van der Waals surface area (Å²) < 4.78 is 14.9. The molecule has 0 unspecified atom stereocenters. The minimum absolute atomic E-state index is 0.190. The molecule has 6 nitrogen and oxygen atoms in total. The Balaban J connectivity index is 2.81. The zero-order valence-corrected chi connectivity index (χ0v) is 9.15. The minimum Gasteiger partial charge on any atom is -0.326 e. The molecule has 1 heterocycles. The van der Waals surface area contributed by atoms with Gasteiger partial charge in [0.1, 0.15) is 0 Å². The third-order valence-corrected chi connectivity index (χ3v) is 2.29. The Hall–Kier alpha value is -0.780. The zero-order valence-electron chi connectivity index (χ0n) is 8.25. The van der Waals surface area contributed by atoms with Crippen LogP contribution in [0.3, 0.4) is 0 Å². The maximum atomic E-state index is 10.5. The van der Waals surface area contributed by atoms with Gasteiger partial charge in [-0.05, 0) is 18.6 Å². The first kappa shape index (κ1) is 12.3. The van der Waals surface area contributed by atoms with E-state index in [-0.39, 0.29) is 13.2 Å². The van der Waals surface area contributed by atoms with E-state index in [1.54, 1.807) is 6.07 Å². The first-order chi connectivity index (χ1) is 6.92. The average Bonchev–Trinajstić information content (AvgIpc) is 2.14. The van der Waals surface area contributed by atoms with Crippen molar-refractivity contribution in [3.8, 4) is 0 Å². The number of hydrogen-bond acceptors (Lipinski definition) is 4. The van der Waals surface area contributed by atoms with Gasteiger partial charge in [-0.1, -0.05) is 0 Å². The Morgan fingerprint density at radius 1 is 1.53 bits per heavy atom. The summed E-state index contributed by atoms with van der Waals surface area (Å²) in [6.07, 6.45) is 1.51. The van der Waals surface area contributed by atoms with Gasteiger partial charge in [-0.25, -0.2) is 4.57 Å².